The van der Waals surface area contributed by atoms with Gasteiger partial charge in [0.2, 0.25) is 0 Å². The van der Waals surface area contributed by atoms with Crippen molar-refractivity contribution in [1.82, 2.24) is 4.98 Å². The summed E-state index contributed by atoms with van der Waals surface area (Å²) in [5.74, 6) is 0. The van der Waals surface area contributed by atoms with Crippen molar-refractivity contribution in [2.75, 3.05) is 6.26 Å². The molecule has 0 aliphatic carbocycles. The summed E-state index contributed by atoms with van der Waals surface area (Å²) in [6.45, 7) is 3.06. The fourth-order valence-electron chi connectivity index (χ4n) is 1.95. The monoisotopic (exact) mass is 279 g/mol. The maximum absolute atomic E-state index is 11.8. The van der Waals surface area contributed by atoms with Crippen LogP contribution in [0.2, 0.25) is 0 Å². The second-order valence-electron chi connectivity index (χ2n) is 5.22. The fraction of sp³-hybridized carbons (Fsp3) is 0.357. The van der Waals surface area contributed by atoms with E-state index in [4.69, 9.17) is 0 Å². The maximum atomic E-state index is 11.8. The van der Waals surface area contributed by atoms with Crippen molar-refractivity contribution in [3.05, 3.63) is 42.2 Å². The lowest BCUT2D eigenvalue weighted by Gasteiger charge is -2.29. The maximum Gasteiger partial charge on any atom is 0.155 e. The number of hydrogen-bond donors (Lipinski definition) is 1. The molecule has 2 aromatic rings. The number of fused-ring (bicyclic) bond motifs is 1. The van der Waals surface area contributed by atoms with Gasteiger partial charge in [0, 0.05) is 24.0 Å². The highest BCUT2D eigenvalue weighted by atomic mass is 32.2. The molecule has 1 aromatic carbocycles. The first-order valence-corrected chi connectivity index (χ1v) is 7.84. The largest absolute Gasteiger partial charge is 0.387 e. The molecule has 0 amide bonds. The summed E-state index contributed by atoms with van der Waals surface area (Å²) in [7, 11) is -3.39. The Labute approximate surface area is 113 Å². The molecule has 1 heterocycles. The fourth-order valence-corrected chi connectivity index (χ4v) is 2.49. The van der Waals surface area contributed by atoms with Crippen molar-refractivity contribution >= 4 is 20.6 Å². The standard InChI is InChI=1S/C14H17NO3S/c1-14(2,19(3,17)18)13(16)11-6-4-5-10-7-8-15-9-12(10)11/h4-9,13,16H,1-3H3. The average Bonchev–Trinajstić information content (AvgIpc) is 2.36. The van der Waals surface area contributed by atoms with Gasteiger partial charge in [-0.1, -0.05) is 18.2 Å². The van der Waals surface area contributed by atoms with Crippen molar-refractivity contribution in [2.45, 2.75) is 24.7 Å². The van der Waals surface area contributed by atoms with Gasteiger partial charge in [-0.05, 0) is 30.9 Å². The van der Waals surface area contributed by atoms with Gasteiger partial charge in [0.15, 0.2) is 9.84 Å². The molecular formula is C14H17NO3S. The van der Waals surface area contributed by atoms with Crippen molar-refractivity contribution < 1.29 is 13.5 Å². The predicted octanol–water partition coefficient (Wildman–Crippen LogP) is 2.09. The van der Waals surface area contributed by atoms with Gasteiger partial charge >= 0.3 is 0 Å². The van der Waals surface area contributed by atoms with E-state index in [1.807, 2.05) is 12.1 Å². The molecule has 0 saturated heterocycles. The van der Waals surface area contributed by atoms with Crippen LogP contribution in [0.25, 0.3) is 10.8 Å². The summed E-state index contributed by atoms with van der Waals surface area (Å²) in [6, 6.07) is 7.28. The zero-order valence-electron chi connectivity index (χ0n) is 11.2. The van der Waals surface area contributed by atoms with Crippen molar-refractivity contribution in [1.29, 1.82) is 0 Å². The third kappa shape index (κ3) is 2.35. The topological polar surface area (TPSA) is 67.3 Å². The van der Waals surface area contributed by atoms with E-state index in [-0.39, 0.29) is 0 Å². The minimum Gasteiger partial charge on any atom is -0.387 e. The van der Waals surface area contributed by atoms with E-state index in [0.717, 1.165) is 17.0 Å². The molecule has 1 atom stereocenters. The molecule has 0 aliphatic rings. The smallest absolute Gasteiger partial charge is 0.155 e. The summed E-state index contributed by atoms with van der Waals surface area (Å²) in [5.41, 5.74) is 0.584. The first-order chi connectivity index (χ1) is 8.75. The lowest BCUT2D eigenvalue weighted by Crippen LogP contribution is -2.37. The summed E-state index contributed by atoms with van der Waals surface area (Å²) in [5, 5.41) is 12.2. The third-order valence-electron chi connectivity index (χ3n) is 3.63. The first kappa shape index (κ1) is 14.0. The van der Waals surface area contributed by atoms with Gasteiger partial charge in [-0.25, -0.2) is 8.42 Å². The van der Waals surface area contributed by atoms with Crippen LogP contribution < -0.4 is 0 Å². The SMILES string of the molecule is CC(C)(C(O)c1cccc2ccncc12)S(C)(=O)=O. The van der Waals surface area contributed by atoms with Crippen LogP contribution in [0.3, 0.4) is 0 Å². The number of nitrogens with zero attached hydrogens (tertiary/aromatic N) is 1. The molecule has 5 heteroatoms. The first-order valence-electron chi connectivity index (χ1n) is 5.95. The molecule has 4 nitrogen and oxygen atoms in total. The minimum atomic E-state index is -3.39. The summed E-state index contributed by atoms with van der Waals surface area (Å²) in [4.78, 5) is 4.04. The van der Waals surface area contributed by atoms with Gasteiger partial charge in [0.1, 0.15) is 0 Å². The Balaban J connectivity index is 2.63. The van der Waals surface area contributed by atoms with Crippen LogP contribution >= 0.6 is 0 Å². The van der Waals surface area contributed by atoms with Crippen LogP contribution in [-0.4, -0.2) is 29.5 Å². The molecule has 2 rings (SSSR count). The Hall–Kier alpha value is -1.46. The Kier molecular flexibility index (Phi) is 3.36. The Morgan fingerprint density at radius 3 is 2.58 bits per heavy atom. The van der Waals surface area contributed by atoms with E-state index in [2.05, 4.69) is 4.98 Å². The highest BCUT2D eigenvalue weighted by Crippen LogP contribution is 2.35. The van der Waals surface area contributed by atoms with Gasteiger partial charge < -0.3 is 5.11 Å². The van der Waals surface area contributed by atoms with E-state index < -0.39 is 20.7 Å². The van der Waals surface area contributed by atoms with Crippen LogP contribution in [0, 0.1) is 0 Å². The quantitative estimate of drug-likeness (QED) is 0.934. The molecule has 0 fully saturated rings. The van der Waals surface area contributed by atoms with E-state index >= 15 is 0 Å². The number of aromatic nitrogens is 1. The number of benzene rings is 1. The van der Waals surface area contributed by atoms with Crippen LogP contribution in [0.4, 0.5) is 0 Å². The minimum absolute atomic E-state index is 0.584. The number of aliphatic hydroxyl groups excluding tert-OH is 1. The van der Waals surface area contributed by atoms with Crippen molar-refractivity contribution in [3.63, 3.8) is 0 Å². The molecule has 0 spiro atoms. The van der Waals surface area contributed by atoms with Gasteiger partial charge in [-0.2, -0.15) is 0 Å². The molecule has 102 valence electrons. The summed E-state index contributed by atoms with van der Waals surface area (Å²) in [6.07, 6.45) is 3.35. The Bertz CT molecular complexity index is 702. The van der Waals surface area contributed by atoms with Crippen LogP contribution in [-0.2, 0) is 9.84 Å². The highest BCUT2D eigenvalue weighted by molar-refractivity contribution is 7.92. The number of pyridine rings is 1. The average molecular weight is 279 g/mol. The summed E-state index contributed by atoms with van der Waals surface area (Å²) >= 11 is 0. The zero-order valence-corrected chi connectivity index (χ0v) is 12.0. The molecule has 1 unspecified atom stereocenters. The number of sulfone groups is 1. The molecule has 1 N–H and O–H groups in total. The Morgan fingerprint density at radius 1 is 1.26 bits per heavy atom. The second-order valence-corrected chi connectivity index (χ2v) is 7.82. The molecule has 0 bridgehead atoms. The van der Waals surface area contributed by atoms with Gasteiger partial charge in [0.05, 0.1) is 10.9 Å². The van der Waals surface area contributed by atoms with Crippen molar-refractivity contribution in [2.24, 2.45) is 0 Å². The number of rotatable bonds is 3. The van der Waals surface area contributed by atoms with Gasteiger partial charge in [-0.15, -0.1) is 0 Å². The van der Waals surface area contributed by atoms with E-state index in [1.165, 1.54) is 13.8 Å². The molecule has 1 aromatic heterocycles. The Morgan fingerprint density at radius 2 is 1.95 bits per heavy atom. The lowest BCUT2D eigenvalue weighted by molar-refractivity contribution is 0.141. The van der Waals surface area contributed by atoms with E-state index in [9.17, 15) is 13.5 Å². The molecular weight excluding hydrogens is 262 g/mol. The molecule has 19 heavy (non-hydrogen) atoms. The van der Waals surface area contributed by atoms with Crippen LogP contribution in [0.5, 0.6) is 0 Å². The summed E-state index contributed by atoms with van der Waals surface area (Å²) < 4.78 is 22.4. The zero-order chi connectivity index (χ0) is 14.3. The van der Waals surface area contributed by atoms with E-state index in [1.54, 1.807) is 24.5 Å². The van der Waals surface area contributed by atoms with Gasteiger partial charge in [-0.3, -0.25) is 4.98 Å². The van der Waals surface area contributed by atoms with Crippen LogP contribution in [0.1, 0.15) is 25.5 Å². The number of hydrogen-bond acceptors (Lipinski definition) is 4. The predicted molar refractivity (Wildman–Crippen MR) is 75.6 cm³/mol. The molecule has 0 aliphatic heterocycles. The normalized spacial score (nSPS) is 14.5. The molecule has 0 saturated carbocycles. The van der Waals surface area contributed by atoms with Gasteiger partial charge in [0.25, 0.3) is 0 Å². The lowest BCUT2D eigenvalue weighted by atomic mass is 9.94. The molecule has 0 radical (unpaired) electrons. The highest BCUT2D eigenvalue weighted by Gasteiger charge is 2.39. The third-order valence-corrected chi connectivity index (χ3v) is 5.76. The second kappa shape index (κ2) is 4.58. The van der Waals surface area contributed by atoms with Crippen LogP contribution in [0.15, 0.2) is 36.7 Å². The van der Waals surface area contributed by atoms with E-state index in [0.29, 0.717) is 5.56 Å². The van der Waals surface area contributed by atoms with Crippen molar-refractivity contribution in [3.8, 4) is 0 Å². The number of aliphatic hydroxyl groups is 1.